The summed E-state index contributed by atoms with van der Waals surface area (Å²) in [7, 11) is -3.51. The molecule has 2 unspecified atom stereocenters. The number of rotatable bonds is 3. The Balaban J connectivity index is 1.39. The molecule has 1 amide bonds. The third-order valence-corrected chi connectivity index (χ3v) is 9.60. The number of likely N-dealkylation sites (tertiary alicyclic amines) is 1. The lowest BCUT2D eigenvalue weighted by atomic mass is 9.77. The van der Waals surface area contributed by atoms with Crippen LogP contribution < -0.4 is 0 Å². The summed E-state index contributed by atoms with van der Waals surface area (Å²) in [6, 6.07) is 7.71. The molecule has 2 heterocycles. The molecule has 3 aliphatic rings. The van der Waals surface area contributed by atoms with Gasteiger partial charge in [-0.15, -0.1) is 0 Å². The summed E-state index contributed by atoms with van der Waals surface area (Å²) in [4.78, 5) is 15.9. The number of hydrogen-bond acceptors (Lipinski definition) is 3. The molecule has 0 N–H and O–H groups in total. The van der Waals surface area contributed by atoms with Crippen LogP contribution in [-0.4, -0.2) is 49.2 Å². The Morgan fingerprint density at radius 3 is 2.13 bits per heavy atom. The van der Waals surface area contributed by atoms with Gasteiger partial charge in [0.25, 0.3) is 0 Å². The van der Waals surface area contributed by atoms with Crippen molar-refractivity contribution >= 4 is 15.9 Å². The van der Waals surface area contributed by atoms with Gasteiger partial charge in [0.1, 0.15) is 0 Å². The van der Waals surface area contributed by atoms with Gasteiger partial charge in [-0.05, 0) is 67.6 Å². The Labute approximate surface area is 188 Å². The molecule has 3 fully saturated rings. The van der Waals surface area contributed by atoms with E-state index in [0.717, 1.165) is 24.9 Å². The number of nitrogens with zero attached hydrogens (tertiary/aromatic N) is 2. The summed E-state index contributed by atoms with van der Waals surface area (Å²) in [6.07, 6.45) is 8.58. The van der Waals surface area contributed by atoms with Crippen LogP contribution in [0.5, 0.6) is 0 Å². The van der Waals surface area contributed by atoms with E-state index < -0.39 is 10.0 Å². The summed E-state index contributed by atoms with van der Waals surface area (Å²) < 4.78 is 27.9. The first-order valence-corrected chi connectivity index (χ1v) is 13.5. The quantitative estimate of drug-likeness (QED) is 0.684. The Hall–Kier alpha value is -1.40. The van der Waals surface area contributed by atoms with Crippen molar-refractivity contribution < 1.29 is 13.2 Å². The molecule has 1 aromatic rings. The number of amides is 1. The molecule has 6 heteroatoms. The maximum atomic E-state index is 13.3. The number of sulfonamides is 1. The number of benzene rings is 1. The molecule has 0 aromatic heterocycles. The van der Waals surface area contributed by atoms with E-state index in [4.69, 9.17) is 0 Å². The van der Waals surface area contributed by atoms with Crippen molar-refractivity contribution in [3.05, 3.63) is 29.8 Å². The van der Waals surface area contributed by atoms with E-state index in [1.54, 1.807) is 16.4 Å². The largest absolute Gasteiger partial charge is 0.339 e. The van der Waals surface area contributed by atoms with Crippen molar-refractivity contribution in [1.29, 1.82) is 0 Å². The van der Waals surface area contributed by atoms with Gasteiger partial charge in [0, 0.05) is 31.6 Å². The van der Waals surface area contributed by atoms with Gasteiger partial charge in [0.15, 0.2) is 0 Å². The van der Waals surface area contributed by atoms with Crippen molar-refractivity contribution in [3.8, 4) is 0 Å². The molecule has 1 aromatic carbocycles. The van der Waals surface area contributed by atoms with E-state index in [2.05, 4.69) is 25.7 Å². The van der Waals surface area contributed by atoms with Gasteiger partial charge in [-0.25, -0.2) is 8.42 Å². The lowest BCUT2D eigenvalue weighted by Gasteiger charge is -2.46. The summed E-state index contributed by atoms with van der Waals surface area (Å²) in [5.74, 6) is 0.932. The number of carbonyl (C=O) groups excluding carboxylic acids is 1. The van der Waals surface area contributed by atoms with E-state index >= 15 is 0 Å². The average molecular weight is 447 g/mol. The van der Waals surface area contributed by atoms with Crippen LogP contribution in [0.15, 0.2) is 29.2 Å². The van der Waals surface area contributed by atoms with Crippen LogP contribution in [0.2, 0.25) is 0 Å². The highest BCUT2D eigenvalue weighted by molar-refractivity contribution is 7.89. The van der Waals surface area contributed by atoms with Gasteiger partial charge in [0.05, 0.1) is 4.90 Å². The van der Waals surface area contributed by atoms with Gasteiger partial charge in [0.2, 0.25) is 15.9 Å². The van der Waals surface area contributed by atoms with Gasteiger partial charge < -0.3 is 4.90 Å². The number of carbonyl (C=O) groups is 1. The van der Waals surface area contributed by atoms with Gasteiger partial charge in [-0.2, -0.15) is 4.31 Å². The van der Waals surface area contributed by atoms with Crippen LogP contribution in [0.3, 0.4) is 0 Å². The molecule has 172 valence electrons. The second-order valence-corrected chi connectivity index (χ2v) is 12.7. The van der Waals surface area contributed by atoms with E-state index in [1.165, 1.54) is 25.7 Å². The van der Waals surface area contributed by atoms with Crippen molar-refractivity contribution in [2.45, 2.75) is 88.5 Å². The second kappa shape index (κ2) is 8.86. The topological polar surface area (TPSA) is 57.7 Å². The zero-order chi connectivity index (χ0) is 22.2. The lowest BCUT2D eigenvalue weighted by molar-refractivity contribution is -0.143. The predicted molar refractivity (Wildman–Crippen MR) is 123 cm³/mol. The third-order valence-electron chi connectivity index (χ3n) is 7.69. The third kappa shape index (κ3) is 4.70. The normalized spacial score (nSPS) is 26.5. The van der Waals surface area contributed by atoms with Gasteiger partial charge in [-0.1, -0.05) is 45.7 Å². The van der Waals surface area contributed by atoms with Crippen LogP contribution in [0.4, 0.5) is 0 Å². The molecule has 2 saturated heterocycles. The smallest absolute Gasteiger partial charge is 0.243 e. The molecule has 5 nitrogen and oxygen atoms in total. The predicted octanol–water partition coefficient (Wildman–Crippen LogP) is 4.57. The maximum Gasteiger partial charge on any atom is 0.243 e. The first kappa shape index (κ1) is 22.8. The minimum atomic E-state index is -3.51. The molecule has 4 rings (SSSR count). The standard InChI is InChI=1S/C25H38N2O3S/c1-25(2,3)21-10-12-22(13-11-21)31(29,30)26-17-14-20(15-18-26)24(28)27-16-6-8-19-7-4-5-9-23(19)27/h10-13,19-20,23H,4-9,14-18H2,1-3H3. The Kier molecular flexibility index (Phi) is 6.51. The van der Waals surface area contributed by atoms with Crippen molar-refractivity contribution in [1.82, 2.24) is 9.21 Å². The zero-order valence-corrected chi connectivity index (χ0v) is 20.2. The molecule has 0 radical (unpaired) electrons. The lowest BCUT2D eigenvalue weighted by Crippen LogP contribution is -2.53. The first-order valence-electron chi connectivity index (χ1n) is 12.1. The van der Waals surface area contributed by atoms with E-state index in [-0.39, 0.29) is 17.2 Å². The molecule has 2 atom stereocenters. The summed E-state index contributed by atoms with van der Waals surface area (Å²) in [5.41, 5.74) is 1.12. The van der Waals surface area contributed by atoms with E-state index in [1.807, 2.05) is 12.1 Å². The summed E-state index contributed by atoms with van der Waals surface area (Å²) in [5, 5.41) is 0. The highest BCUT2D eigenvalue weighted by atomic mass is 32.2. The SMILES string of the molecule is CC(C)(C)c1ccc(S(=O)(=O)N2CCC(C(=O)N3CCCC4CCCCC43)CC2)cc1. The number of piperidine rings is 2. The Bertz CT molecular complexity index is 878. The zero-order valence-electron chi connectivity index (χ0n) is 19.3. The fraction of sp³-hybridized carbons (Fsp3) is 0.720. The average Bonchev–Trinajstić information content (AvgIpc) is 2.78. The van der Waals surface area contributed by atoms with Crippen LogP contribution >= 0.6 is 0 Å². The van der Waals surface area contributed by atoms with Crippen LogP contribution in [0.25, 0.3) is 0 Å². The fourth-order valence-electron chi connectivity index (χ4n) is 5.75. The second-order valence-electron chi connectivity index (χ2n) is 10.7. The first-order chi connectivity index (χ1) is 14.7. The summed E-state index contributed by atoms with van der Waals surface area (Å²) >= 11 is 0. The van der Waals surface area contributed by atoms with E-state index in [0.29, 0.717) is 42.8 Å². The van der Waals surface area contributed by atoms with Crippen molar-refractivity contribution in [2.75, 3.05) is 19.6 Å². The van der Waals surface area contributed by atoms with Crippen molar-refractivity contribution in [2.24, 2.45) is 11.8 Å². The number of hydrogen-bond donors (Lipinski definition) is 0. The summed E-state index contributed by atoms with van der Waals surface area (Å²) in [6.45, 7) is 8.12. The van der Waals surface area contributed by atoms with Gasteiger partial charge >= 0.3 is 0 Å². The molecule has 0 spiro atoms. The van der Waals surface area contributed by atoms with Crippen LogP contribution in [0, 0.1) is 11.8 Å². The van der Waals surface area contributed by atoms with Crippen molar-refractivity contribution in [3.63, 3.8) is 0 Å². The number of fused-ring (bicyclic) bond motifs is 1. The molecule has 2 aliphatic heterocycles. The Morgan fingerprint density at radius 1 is 0.871 bits per heavy atom. The highest BCUT2D eigenvalue weighted by Gasteiger charge is 2.40. The molecule has 1 saturated carbocycles. The minimum Gasteiger partial charge on any atom is -0.339 e. The Morgan fingerprint density at radius 2 is 1.48 bits per heavy atom. The monoisotopic (exact) mass is 446 g/mol. The molecular formula is C25H38N2O3S. The van der Waals surface area contributed by atoms with Gasteiger partial charge in [-0.3, -0.25) is 4.79 Å². The maximum absolute atomic E-state index is 13.3. The van der Waals surface area contributed by atoms with E-state index in [9.17, 15) is 13.2 Å². The molecule has 1 aliphatic carbocycles. The fourth-order valence-corrected chi connectivity index (χ4v) is 7.22. The molecule has 0 bridgehead atoms. The van der Waals surface area contributed by atoms with Crippen LogP contribution in [-0.2, 0) is 20.2 Å². The highest BCUT2D eigenvalue weighted by Crippen LogP contribution is 2.37. The molecular weight excluding hydrogens is 408 g/mol. The molecule has 31 heavy (non-hydrogen) atoms. The minimum absolute atomic E-state index is 0.00715. The van der Waals surface area contributed by atoms with Crippen LogP contribution in [0.1, 0.15) is 77.7 Å².